The highest BCUT2D eigenvalue weighted by atomic mass is 32.2. The summed E-state index contributed by atoms with van der Waals surface area (Å²) in [5, 5.41) is 3.49. The van der Waals surface area contributed by atoms with Crippen molar-refractivity contribution in [2.75, 3.05) is 25.2 Å². The highest BCUT2D eigenvalue weighted by molar-refractivity contribution is 7.90. The van der Waals surface area contributed by atoms with Gasteiger partial charge in [0, 0.05) is 18.9 Å². The number of nitrogens with one attached hydrogen (secondary N) is 1. The van der Waals surface area contributed by atoms with Gasteiger partial charge in [0.25, 0.3) is 0 Å². The molecule has 1 N–H and O–H groups in total. The van der Waals surface area contributed by atoms with Crippen LogP contribution in [0.15, 0.2) is 0 Å². The molecule has 0 aromatic carbocycles. The summed E-state index contributed by atoms with van der Waals surface area (Å²) in [6, 6.07) is 0.139. The quantitative estimate of drug-likeness (QED) is 0.700. The fourth-order valence-electron chi connectivity index (χ4n) is 3.34. The molecular formula is C15H31NO3S. The van der Waals surface area contributed by atoms with E-state index in [1.807, 2.05) is 6.92 Å². The molecule has 120 valence electrons. The van der Waals surface area contributed by atoms with E-state index in [-0.39, 0.29) is 17.4 Å². The molecule has 1 rings (SSSR count). The van der Waals surface area contributed by atoms with Crippen molar-refractivity contribution in [2.24, 2.45) is 0 Å². The van der Waals surface area contributed by atoms with Gasteiger partial charge in [-0.25, -0.2) is 8.42 Å². The molecule has 1 aliphatic carbocycles. The van der Waals surface area contributed by atoms with Crippen molar-refractivity contribution in [3.63, 3.8) is 0 Å². The molecule has 0 saturated heterocycles. The van der Waals surface area contributed by atoms with E-state index in [9.17, 15) is 8.42 Å². The van der Waals surface area contributed by atoms with Crippen LogP contribution < -0.4 is 5.32 Å². The van der Waals surface area contributed by atoms with E-state index in [0.29, 0.717) is 13.0 Å². The summed E-state index contributed by atoms with van der Waals surface area (Å²) < 4.78 is 29.1. The Morgan fingerprint density at radius 2 is 1.75 bits per heavy atom. The van der Waals surface area contributed by atoms with Crippen LogP contribution in [0.1, 0.15) is 58.8 Å². The van der Waals surface area contributed by atoms with E-state index in [4.69, 9.17) is 4.74 Å². The van der Waals surface area contributed by atoms with Gasteiger partial charge in [-0.15, -0.1) is 0 Å². The molecule has 0 aromatic rings. The molecule has 0 spiro atoms. The maximum absolute atomic E-state index is 11.5. The third-order valence-electron chi connectivity index (χ3n) is 4.24. The summed E-state index contributed by atoms with van der Waals surface area (Å²) in [6.07, 6.45) is 8.94. The monoisotopic (exact) mass is 305 g/mol. The molecule has 4 nitrogen and oxygen atoms in total. The van der Waals surface area contributed by atoms with Crippen molar-refractivity contribution in [3.05, 3.63) is 0 Å². The predicted octanol–water partition coefficient (Wildman–Crippen LogP) is 2.53. The second kappa shape index (κ2) is 8.35. The molecule has 0 bridgehead atoms. The van der Waals surface area contributed by atoms with Gasteiger partial charge in [0.2, 0.25) is 0 Å². The lowest BCUT2D eigenvalue weighted by Crippen LogP contribution is -2.53. The molecule has 1 unspecified atom stereocenters. The standard InChI is InChI=1S/C15H31NO3S/c1-4-16-14(10-13-20(3,17)18)15(19-5-2)11-8-6-7-9-12-15/h14,16H,4-13H2,1-3H3. The minimum atomic E-state index is -2.92. The SMILES string of the molecule is CCNC(CCS(C)(=O)=O)C1(OCC)CCCCCC1. The van der Waals surface area contributed by atoms with Crippen LogP contribution in [0.4, 0.5) is 0 Å². The average Bonchev–Trinajstić information content (AvgIpc) is 2.60. The lowest BCUT2D eigenvalue weighted by atomic mass is 9.84. The molecule has 1 atom stereocenters. The molecule has 0 heterocycles. The molecular weight excluding hydrogens is 274 g/mol. The normalized spacial score (nSPS) is 21.4. The van der Waals surface area contributed by atoms with Crippen LogP contribution in [0.2, 0.25) is 0 Å². The molecule has 1 fully saturated rings. The third kappa shape index (κ3) is 5.70. The molecule has 0 amide bonds. The lowest BCUT2D eigenvalue weighted by Gasteiger charge is -2.40. The average molecular weight is 305 g/mol. The highest BCUT2D eigenvalue weighted by Gasteiger charge is 2.39. The first-order valence-corrected chi connectivity index (χ1v) is 10.0. The molecule has 0 aromatic heterocycles. The van der Waals surface area contributed by atoms with E-state index in [0.717, 1.165) is 19.4 Å². The fraction of sp³-hybridized carbons (Fsp3) is 1.00. The predicted molar refractivity (Wildman–Crippen MR) is 83.9 cm³/mol. The summed E-state index contributed by atoms with van der Waals surface area (Å²) in [5.74, 6) is 0.236. The summed E-state index contributed by atoms with van der Waals surface area (Å²) in [6.45, 7) is 5.65. The van der Waals surface area contributed by atoms with E-state index in [1.165, 1.54) is 31.9 Å². The van der Waals surface area contributed by atoms with E-state index in [1.54, 1.807) is 0 Å². The van der Waals surface area contributed by atoms with Crippen LogP contribution >= 0.6 is 0 Å². The zero-order chi connectivity index (χ0) is 15.1. The van der Waals surface area contributed by atoms with Crippen LogP contribution in [0.3, 0.4) is 0 Å². The number of likely N-dealkylation sites (N-methyl/N-ethyl adjacent to an activating group) is 1. The van der Waals surface area contributed by atoms with Crippen molar-refractivity contribution >= 4 is 9.84 Å². The van der Waals surface area contributed by atoms with Gasteiger partial charge in [-0.05, 0) is 32.7 Å². The second-order valence-corrected chi connectivity index (χ2v) is 8.20. The van der Waals surface area contributed by atoms with E-state index in [2.05, 4.69) is 12.2 Å². The van der Waals surface area contributed by atoms with Crippen molar-refractivity contribution in [1.29, 1.82) is 0 Å². The van der Waals surface area contributed by atoms with Crippen LogP contribution in [0.5, 0.6) is 0 Å². The van der Waals surface area contributed by atoms with Gasteiger partial charge >= 0.3 is 0 Å². The smallest absolute Gasteiger partial charge is 0.147 e. The maximum atomic E-state index is 11.5. The lowest BCUT2D eigenvalue weighted by molar-refractivity contribution is -0.0770. The zero-order valence-corrected chi connectivity index (χ0v) is 14.1. The highest BCUT2D eigenvalue weighted by Crippen LogP contribution is 2.35. The number of rotatable bonds is 8. The summed E-state index contributed by atoms with van der Waals surface area (Å²) in [4.78, 5) is 0. The number of sulfone groups is 1. The van der Waals surface area contributed by atoms with E-state index < -0.39 is 9.84 Å². The van der Waals surface area contributed by atoms with Crippen molar-refractivity contribution < 1.29 is 13.2 Å². The van der Waals surface area contributed by atoms with Crippen LogP contribution in [-0.4, -0.2) is 45.2 Å². The Hall–Kier alpha value is -0.130. The zero-order valence-electron chi connectivity index (χ0n) is 13.3. The summed E-state index contributed by atoms with van der Waals surface area (Å²) in [5.41, 5.74) is -0.175. The molecule has 0 radical (unpaired) electrons. The van der Waals surface area contributed by atoms with Gasteiger partial charge in [-0.3, -0.25) is 0 Å². The largest absolute Gasteiger partial charge is 0.374 e. The Morgan fingerprint density at radius 3 is 2.20 bits per heavy atom. The summed E-state index contributed by atoms with van der Waals surface area (Å²) >= 11 is 0. The van der Waals surface area contributed by atoms with Gasteiger partial charge in [0.1, 0.15) is 9.84 Å². The van der Waals surface area contributed by atoms with Gasteiger partial charge < -0.3 is 10.1 Å². The van der Waals surface area contributed by atoms with Crippen molar-refractivity contribution in [2.45, 2.75) is 70.4 Å². The first kappa shape index (κ1) is 17.9. The van der Waals surface area contributed by atoms with Gasteiger partial charge in [0.15, 0.2) is 0 Å². The first-order valence-electron chi connectivity index (χ1n) is 7.98. The summed E-state index contributed by atoms with van der Waals surface area (Å²) in [7, 11) is -2.92. The maximum Gasteiger partial charge on any atom is 0.147 e. The Bertz CT molecular complexity index is 359. The van der Waals surface area contributed by atoms with Crippen LogP contribution in [0, 0.1) is 0 Å². The Labute approximate surface area is 124 Å². The van der Waals surface area contributed by atoms with Gasteiger partial charge in [0.05, 0.1) is 11.4 Å². The second-order valence-electron chi connectivity index (χ2n) is 5.94. The van der Waals surface area contributed by atoms with E-state index >= 15 is 0 Å². The molecule has 5 heteroatoms. The topological polar surface area (TPSA) is 55.4 Å². The number of hydrogen-bond acceptors (Lipinski definition) is 4. The number of ether oxygens (including phenoxy) is 1. The van der Waals surface area contributed by atoms with Gasteiger partial charge in [-0.1, -0.05) is 32.6 Å². The molecule has 20 heavy (non-hydrogen) atoms. The third-order valence-corrected chi connectivity index (χ3v) is 5.22. The first-order chi connectivity index (χ1) is 9.43. The van der Waals surface area contributed by atoms with Crippen LogP contribution in [-0.2, 0) is 14.6 Å². The number of hydrogen-bond donors (Lipinski definition) is 1. The Balaban J connectivity index is 2.85. The Morgan fingerprint density at radius 1 is 1.15 bits per heavy atom. The fourth-order valence-corrected chi connectivity index (χ4v) is 4.00. The van der Waals surface area contributed by atoms with Crippen LogP contribution in [0.25, 0.3) is 0 Å². The minimum Gasteiger partial charge on any atom is -0.374 e. The van der Waals surface area contributed by atoms with Gasteiger partial charge in [-0.2, -0.15) is 0 Å². The Kier molecular flexibility index (Phi) is 7.48. The minimum absolute atomic E-state index is 0.139. The molecule has 0 aliphatic heterocycles. The van der Waals surface area contributed by atoms with Crippen molar-refractivity contribution in [3.8, 4) is 0 Å². The molecule has 1 saturated carbocycles. The molecule has 1 aliphatic rings. The van der Waals surface area contributed by atoms with Crippen molar-refractivity contribution in [1.82, 2.24) is 5.32 Å².